The first-order valence-corrected chi connectivity index (χ1v) is 8.64. The van der Waals surface area contributed by atoms with Gasteiger partial charge in [-0.2, -0.15) is 0 Å². The molecule has 0 aromatic heterocycles. The Balaban J connectivity index is 1.69. The lowest BCUT2D eigenvalue weighted by molar-refractivity contribution is -0.138. The number of carboxylic acids is 1. The Morgan fingerprint density at radius 3 is 2.61 bits per heavy atom. The molecule has 0 aliphatic heterocycles. The van der Waals surface area contributed by atoms with Crippen LogP contribution in [0.3, 0.4) is 0 Å². The average Bonchev–Trinajstić information content (AvgIpc) is 3.13. The lowest BCUT2D eigenvalue weighted by atomic mass is 9.68. The fraction of sp³-hybridized carbons (Fsp3) is 0.579. The van der Waals surface area contributed by atoms with E-state index in [-0.39, 0.29) is 17.7 Å². The number of hydrogen-bond acceptors (Lipinski definition) is 2. The van der Waals surface area contributed by atoms with Crippen LogP contribution in [0.2, 0.25) is 0 Å². The minimum Gasteiger partial charge on any atom is -0.481 e. The molecule has 2 N–H and O–H groups in total. The van der Waals surface area contributed by atoms with Gasteiger partial charge in [-0.05, 0) is 49.5 Å². The molecule has 2 saturated carbocycles. The molecular weight excluding hydrogens is 290 g/mol. The van der Waals surface area contributed by atoms with Gasteiger partial charge in [0.1, 0.15) is 0 Å². The summed E-state index contributed by atoms with van der Waals surface area (Å²) in [6, 6.07) is 10.3. The Bertz CT molecular complexity index is 571. The van der Waals surface area contributed by atoms with Gasteiger partial charge in [0.25, 0.3) is 0 Å². The summed E-state index contributed by atoms with van der Waals surface area (Å²) in [4.78, 5) is 23.5. The molecule has 2 aliphatic carbocycles. The van der Waals surface area contributed by atoms with Crippen LogP contribution in [-0.2, 0) is 16.0 Å². The summed E-state index contributed by atoms with van der Waals surface area (Å²) < 4.78 is 0. The van der Waals surface area contributed by atoms with Crippen LogP contribution in [0.15, 0.2) is 30.3 Å². The van der Waals surface area contributed by atoms with Crippen LogP contribution >= 0.6 is 0 Å². The Labute approximate surface area is 137 Å². The monoisotopic (exact) mass is 315 g/mol. The SMILES string of the molecule is O=C(O)CCCNC(=O)C1(Cc2ccccc2)CC2CCC1C2. The van der Waals surface area contributed by atoms with Gasteiger partial charge in [0.15, 0.2) is 0 Å². The van der Waals surface area contributed by atoms with Gasteiger partial charge in [-0.15, -0.1) is 0 Å². The van der Waals surface area contributed by atoms with Gasteiger partial charge in [0.2, 0.25) is 5.91 Å². The topological polar surface area (TPSA) is 66.4 Å². The highest BCUT2D eigenvalue weighted by Crippen LogP contribution is 2.57. The molecule has 124 valence electrons. The molecule has 1 aromatic carbocycles. The first-order valence-electron chi connectivity index (χ1n) is 8.64. The maximum absolute atomic E-state index is 12.9. The van der Waals surface area contributed by atoms with E-state index in [0.29, 0.717) is 24.8 Å². The van der Waals surface area contributed by atoms with Crippen molar-refractivity contribution in [1.29, 1.82) is 0 Å². The number of amides is 1. The molecule has 1 aromatic rings. The number of nitrogens with one attached hydrogen (secondary N) is 1. The average molecular weight is 315 g/mol. The van der Waals surface area contributed by atoms with E-state index >= 15 is 0 Å². The predicted octanol–water partition coefficient (Wildman–Crippen LogP) is 3.02. The van der Waals surface area contributed by atoms with Crippen molar-refractivity contribution in [3.05, 3.63) is 35.9 Å². The Kier molecular flexibility index (Phi) is 4.69. The number of benzene rings is 1. The minimum absolute atomic E-state index is 0.109. The van der Waals surface area contributed by atoms with Crippen molar-refractivity contribution in [2.75, 3.05) is 6.54 Å². The van der Waals surface area contributed by atoms with Gasteiger partial charge < -0.3 is 10.4 Å². The lowest BCUT2D eigenvalue weighted by Gasteiger charge is -2.36. The normalized spacial score (nSPS) is 28.7. The highest BCUT2D eigenvalue weighted by atomic mass is 16.4. The van der Waals surface area contributed by atoms with Crippen LogP contribution in [-0.4, -0.2) is 23.5 Å². The van der Waals surface area contributed by atoms with Crippen molar-refractivity contribution in [1.82, 2.24) is 5.32 Å². The molecule has 2 fully saturated rings. The molecule has 2 aliphatic rings. The smallest absolute Gasteiger partial charge is 0.303 e. The van der Waals surface area contributed by atoms with Gasteiger partial charge in [-0.3, -0.25) is 9.59 Å². The molecule has 3 rings (SSSR count). The quantitative estimate of drug-likeness (QED) is 0.760. The Morgan fingerprint density at radius 1 is 1.22 bits per heavy atom. The second-order valence-corrected chi connectivity index (χ2v) is 7.15. The van der Waals surface area contributed by atoms with Crippen LogP contribution in [0, 0.1) is 17.3 Å². The second-order valence-electron chi connectivity index (χ2n) is 7.15. The highest BCUT2D eigenvalue weighted by molar-refractivity contribution is 5.84. The molecule has 0 saturated heterocycles. The zero-order valence-corrected chi connectivity index (χ0v) is 13.5. The predicted molar refractivity (Wildman–Crippen MR) is 87.9 cm³/mol. The fourth-order valence-corrected chi connectivity index (χ4v) is 4.60. The third-order valence-electron chi connectivity index (χ3n) is 5.64. The van der Waals surface area contributed by atoms with E-state index in [1.807, 2.05) is 18.2 Å². The fourth-order valence-electron chi connectivity index (χ4n) is 4.60. The standard InChI is InChI=1S/C19H25NO3/c21-17(22)7-4-10-20-18(23)19(12-14-5-2-1-3-6-14)13-15-8-9-16(19)11-15/h1-3,5-6,15-16H,4,7-13H2,(H,20,23)(H,21,22). The van der Waals surface area contributed by atoms with Crippen LogP contribution < -0.4 is 5.32 Å². The summed E-state index contributed by atoms with van der Waals surface area (Å²) in [6.07, 6.45) is 5.98. The lowest BCUT2D eigenvalue weighted by Crippen LogP contribution is -2.46. The zero-order chi connectivity index (χ0) is 16.3. The minimum atomic E-state index is -0.807. The molecular formula is C19H25NO3. The van der Waals surface area contributed by atoms with E-state index in [1.54, 1.807) is 0 Å². The Morgan fingerprint density at radius 2 is 2.00 bits per heavy atom. The van der Waals surface area contributed by atoms with Gasteiger partial charge in [-0.1, -0.05) is 36.8 Å². The maximum atomic E-state index is 12.9. The number of carbonyl (C=O) groups is 2. The van der Waals surface area contributed by atoms with E-state index < -0.39 is 5.97 Å². The van der Waals surface area contributed by atoms with Crippen molar-refractivity contribution in [2.45, 2.75) is 44.9 Å². The van der Waals surface area contributed by atoms with Crippen LogP contribution in [0.1, 0.15) is 44.1 Å². The second kappa shape index (κ2) is 6.73. The molecule has 0 heterocycles. The summed E-state index contributed by atoms with van der Waals surface area (Å²) in [5.74, 6) is 0.498. The van der Waals surface area contributed by atoms with E-state index in [4.69, 9.17) is 5.11 Å². The maximum Gasteiger partial charge on any atom is 0.303 e. The summed E-state index contributed by atoms with van der Waals surface area (Å²) in [7, 11) is 0. The van der Waals surface area contributed by atoms with E-state index in [2.05, 4.69) is 17.4 Å². The third kappa shape index (κ3) is 3.41. The molecule has 1 amide bonds. The van der Waals surface area contributed by atoms with Crippen LogP contribution in [0.5, 0.6) is 0 Å². The molecule has 2 bridgehead atoms. The van der Waals surface area contributed by atoms with Crippen molar-refractivity contribution < 1.29 is 14.7 Å². The van der Waals surface area contributed by atoms with Crippen LogP contribution in [0.25, 0.3) is 0 Å². The summed E-state index contributed by atoms with van der Waals surface area (Å²) in [5, 5.41) is 11.7. The molecule has 4 nitrogen and oxygen atoms in total. The van der Waals surface area contributed by atoms with E-state index in [0.717, 1.165) is 19.3 Å². The summed E-state index contributed by atoms with van der Waals surface area (Å²) in [6.45, 7) is 0.457. The molecule has 3 unspecified atom stereocenters. The molecule has 23 heavy (non-hydrogen) atoms. The van der Waals surface area contributed by atoms with Crippen molar-refractivity contribution in [2.24, 2.45) is 17.3 Å². The number of fused-ring (bicyclic) bond motifs is 2. The first kappa shape index (κ1) is 16.0. The molecule has 0 spiro atoms. The Hall–Kier alpha value is -1.84. The number of hydrogen-bond donors (Lipinski definition) is 2. The summed E-state index contributed by atoms with van der Waals surface area (Å²) >= 11 is 0. The molecule has 0 radical (unpaired) electrons. The first-order chi connectivity index (χ1) is 11.1. The van der Waals surface area contributed by atoms with E-state index in [9.17, 15) is 9.59 Å². The number of rotatable bonds is 7. The van der Waals surface area contributed by atoms with Gasteiger partial charge in [0.05, 0.1) is 5.41 Å². The van der Waals surface area contributed by atoms with Gasteiger partial charge >= 0.3 is 5.97 Å². The molecule has 4 heteroatoms. The largest absolute Gasteiger partial charge is 0.481 e. The number of aliphatic carboxylic acids is 1. The highest BCUT2D eigenvalue weighted by Gasteiger charge is 2.55. The zero-order valence-electron chi connectivity index (χ0n) is 13.5. The number of carboxylic acid groups (broad SMARTS) is 1. The summed E-state index contributed by atoms with van der Waals surface area (Å²) in [5.41, 5.74) is 0.939. The van der Waals surface area contributed by atoms with E-state index in [1.165, 1.54) is 18.4 Å². The number of carbonyl (C=O) groups excluding carboxylic acids is 1. The van der Waals surface area contributed by atoms with Crippen molar-refractivity contribution >= 4 is 11.9 Å². The third-order valence-corrected chi connectivity index (χ3v) is 5.64. The van der Waals surface area contributed by atoms with Crippen molar-refractivity contribution in [3.63, 3.8) is 0 Å². The van der Waals surface area contributed by atoms with Crippen molar-refractivity contribution in [3.8, 4) is 0 Å². The van der Waals surface area contributed by atoms with Gasteiger partial charge in [0, 0.05) is 13.0 Å². The molecule has 3 atom stereocenters. The van der Waals surface area contributed by atoms with Crippen LogP contribution in [0.4, 0.5) is 0 Å². The van der Waals surface area contributed by atoms with Gasteiger partial charge in [-0.25, -0.2) is 0 Å².